The van der Waals surface area contributed by atoms with Crippen molar-refractivity contribution in [2.75, 3.05) is 7.11 Å². The molecule has 0 saturated heterocycles. The second-order valence-electron chi connectivity index (χ2n) is 4.46. The van der Waals surface area contributed by atoms with E-state index in [1.165, 1.54) is 26.2 Å². The number of hydrogen-bond donors (Lipinski definition) is 1. The molecule has 0 fully saturated rings. The highest BCUT2D eigenvalue weighted by Gasteiger charge is 2.36. The van der Waals surface area contributed by atoms with E-state index in [0.29, 0.717) is 4.47 Å². The van der Waals surface area contributed by atoms with Crippen molar-refractivity contribution < 1.29 is 23.4 Å². The number of benzene rings is 1. The third-order valence-electron chi connectivity index (χ3n) is 2.68. The topological polar surface area (TPSA) is 46.5 Å². The molecule has 0 aliphatic heterocycles. The zero-order valence-electron chi connectivity index (χ0n) is 10.6. The van der Waals surface area contributed by atoms with Gasteiger partial charge in [0.1, 0.15) is 5.75 Å². The van der Waals surface area contributed by atoms with Crippen LogP contribution in [0.15, 0.2) is 22.7 Å². The van der Waals surface area contributed by atoms with Crippen molar-refractivity contribution in [3.05, 3.63) is 28.2 Å². The van der Waals surface area contributed by atoms with Crippen LogP contribution in [0.4, 0.5) is 8.78 Å². The summed E-state index contributed by atoms with van der Waals surface area (Å²) in [5.74, 6) is -4.75. The third kappa shape index (κ3) is 4.45. The zero-order chi connectivity index (χ0) is 14.6. The molecule has 0 saturated carbocycles. The van der Waals surface area contributed by atoms with E-state index in [2.05, 4.69) is 15.9 Å². The van der Waals surface area contributed by atoms with E-state index in [1.807, 2.05) is 0 Å². The maximum Gasteiger partial charge on any atom is 0.303 e. The molecule has 19 heavy (non-hydrogen) atoms. The first-order valence-corrected chi connectivity index (χ1v) is 6.49. The van der Waals surface area contributed by atoms with Crippen LogP contribution in [0.25, 0.3) is 0 Å². The maximum absolute atomic E-state index is 14.2. The standard InChI is InChI=1S/C13H15BrF2O3/c1-8(5-12(17)18)7-13(15,16)10-6-9(14)3-4-11(10)19-2/h3-4,6,8H,5,7H2,1-2H3,(H,17,18). The van der Waals surface area contributed by atoms with E-state index in [9.17, 15) is 13.6 Å². The number of carbonyl (C=O) groups is 1. The van der Waals surface area contributed by atoms with Crippen LogP contribution >= 0.6 is 15.9 Å². The Hall–Kier alpha value is -1.17. The first-order valence-electron chi connectivity index (χ1n) is 5.70. The lowest BCUT2D eigenvalue weighted by molar-refractivity contribution is -0.138. The Morgan fingerprint density at radius 3 is 2.68 bits per heavy atom. The average molecular weight is 337 g/mol. The van der Waals surface area contributed by atoms with Gasteiger partial charge in [-0.05, 0) is 24.1 Å². The van der Waals surface area contributed by atoms with Crippen LogP contribution in [0, 0.1) is 5.92 Å². The van der Waals surface area contributed by atoms with E-state index >= 15 is 0 Å². The van der Waals surface area contributed by atoms with Crippen LogP contribution in [0.2, 0.25) is 0 Å². The Morgan fingerprint density at radius 2 is 2.16 bits per heavy atom. The van der Waals surface area contributed by atoms with Gasteiger partial charge in [0.15, 0.2) is 0 Å². The van der Waals surface area contributed by atoms with Crippen LogP contribution < -0.4 is 4.74 Å². The Kier molecular flexibility index (Phi) is 5.29. The highest BCUT2D eigenvalue weighted by Crippen LogP contribution is 2.41. The molecule has 1 N–H and O–H groups in total. The Balaban J connectivity index is 2.98. The average Bonchev–Trinajstić information content (AvgIpc) is 2.26. The van der Waals surface area contributed by atoms with Crippen LogP contribution in [0.3, 0.4) is 0 Å². The number of hydrogen-bond acceptors (Lipinski definition) is 2. The van der Waals surface area contributed by atoms with Gasteiger partial charge in [-0.1, -0.05) is 22.9 Å². The van der Waals surface area contributed by atoms with Crippen molar-refractivity contribution in [3.8, 4) is 5.75 Å². The van der Waals surface area contributed by atoms with Gasteiger partial charge in [-0.15, -0.1) is 0 Å². The summed E-state index contributed by atoms with van der Waals surface area (Å²) in [5, 5.41) is 8.62. The molecule has 3 nitrogen and oxygen atoms in total. The molecule has 0 amide bonds. The van der Waals surface area contributed by atoms with Crippen LogP contribution in [0.1, 0.15) is 25.3 Å². The fourth-order valence-corrected chi connectivity index (χ4v) is 2.24. The summed E-state index contributed by atoms with van der Waals surface area (Å²) in [5.41, 5.74) is -0.235. The first-order chi connectivity index (χ1) is 8.76. The highest BCUT2D eigenvalue weighted by atomic mass is 79.9. The fraction of sp³-hybridized carbons (Fsp3) is 0.462. The SMILES string of the molecule is COc1ccc(Br)cc1C(F)(F)CC(C)CC(=O)O. The zero-order valence-corrected chi connectivity index (χ0v) is 12.2. The van der Waals surface area contributed by atoms with Gasteiger partial charge in [0.25, 0.3) is 5.92 Å². The molecular formula is C13H15BrF2O3. The largest absolute Gasteiger partial charge is 0.496 e. The molecule has 1 rings (SSSR count). The summed E-state index contributed by atoms with van der Waals surface area (Å²) in [6.07, 6.45) is -0.821. The van der Waals surface area contributed by atoms with Gasteiger partial charge < -0.3 is 9.84 Å². The molecule has 0 aromatic heterocycles. The van der Waals surface area contributed by atoms with E-state index in [4.69, 9.17) is 9.84 Å². The summed E-state index contributed by atoms with van der Waals surface area (Å²) >= 11 is 3.14. The van der Waals surface area contributed by atoms with Crippen molar-refractivity contribution >= 4 is 21.9 Å². The van der Waals surface area contributed by atoms with Gasteiger partial charge >= 0.3 is 5.97 Å². The fourth-order valence-electron chi connectivity index (χ4n) is 1.88. The summed E-state index contributed by atoms with van der Waals surface area (Å²) in [6, 6.07) is 4.36. The molecule has 0 bridgehead atoms. The molecule has 0 radical (unpaired) electrons. The lowest BCUT2D eigenvalue weighted by atomic mass is 9.94. The Labute approximate surface area is 118 Å². The number of ether oxygens (including phenoxy) is 1. The lowest BCUT2D eigenvalue weighted by Gasteiger charge is -2.22. The third-order valence-corrected chi connectivity index (χ3v) is 3.18. The van der Waals surface area contributed by atoms with Crippen molar-refractivity contribution in [2.24, 2.45) is 5.92 Å². The first kappa shape index (κ1) is 15.9. The van der Waals surface area contributed by atoms with Gasteiger partial charge in [0.05, 0.1) is 12.7 Å². The number of rotatable bonds is 6. The second kappa shape index (κ2) is 6.32. The second-order valence-corrected chi connectivity index (χ2v) is 5.37. The Morgan fingerprint density at radius 1 is 1.53 bits per heavy atom. The molecule has 0 spiro atoms. The predicted octanol–water partition coefficient (Wildman–Crippen LogP) is 4.05. The molecule has 1 aromatic rings. The number of carboxylic acids is 1. The van der Waals surface area contributed by atoms with Crippen LogP contribution in [-0.4, -0.2) is 18.2 Å². The van der Waals surface area contributed by atoms with Gasteiger partial charge in [-0.2, -0.15) is 0 Å². The molecule has 0 aliphatic carbocycles. The normalized spacial score (nSPS) is 13.1. The number of carboxylic acid groups (broad SMARTS) is 1. The summed E-state index contributed by atoms with van der Waals surface area (Å²) < 4.78 is 33.8. The number of aliphatic carboxylic acids is 1. The van der Waals surface area contributed by atoms with E-state index in [1.54, 1.807) is 6.07 Å². The minimum absolute atomic E-state index is 0.0933. The van der Waals surface area contributed by atoms with Crippen LogP contribution in [0.5, 0.6) is 5.75 Å². The van der Waals surface area contributed by atoms with Crippen molar-refractivity contribution in [2.45, 2.75) is 25.7 Å². The summed E-state index contributed by atoms with van der Waals surface area (Å²) in [7, 11) is 1.32. The van der Waals surface area contributed by atoms with Crippen molar-refractivity contribution in [1.82, 2.24) is 0 Å². The highest BCUT2D eigenvalue weighted by molar-refractivity contribution is 9.10. The van der Waals surface area contributed by atoms with E-state index in [0.717, 1.165) is 0 Å². The number of methoxy groups -OCH3 is 1. The molecule has 106 valence electrons. The molecular weight excluding hydrogens is 322 g/mol. The quantitative estimate of drug-likeness (QED) is 0.852. The van der Waals surface area contributed by atoms with Gasteiger partial charge in [-0.25, -0.2) is 8.78 Å². The number of halogens is 3. The predicted molar refractivity (Wildman–Crippen MR) is 70.6 cm³/mol. The summed E-state index contributed by atoms with van der Waals surface area (Å²) in [6.45, 7) is 1.49. The Bertz CT molecular complexity index is 463. The van der Waals surface area contributed by atoms with Gasteiger partial charge in [0, 0.05) is 17.3 Å². The minimum Gasteiger partial charge on any atom is -0.496 e. The molecule has 6 heteroatoms. The van der Waals surface area contributed by atoms with E-state index < -0.39 is 24.2 Å². The van der Waals surface area contributed by atoms with Gasteiger partial charge in [-0.3, -0.25) is 4.79 Å². The van der Waals surface area contributed by atoms with Crippen LogP contribution in [-0.2, 0) is 10.7 Å². The number of alkyl halides is 2. The van der Waals surface area contributed by atoms with E-state index in [-0.39, 0.29) is 17.7 Å². The molecule has 0 heterocycles. The smallest absolute Gasteiger partial charge is 0.303 e. The monoisotopic (exact) mass is 336 g/mol. The maximum atomic E-state index is 14.2. The minimum atomic E-state index is -3.13. The molecule has 1 aromatic carbocycles. The molecule has 1 unspecified atom stereocenters. The van der Waals surface area contributed by atoms with Crippen molar-refractivity contribution in [1.29, 1.82) is 0 Å². The molecule has 1 atom stereocenters. The lowest BCUT2D eigenvalue weighted by Crippen LogP contribution is -2.20. The summed E-state index contributed by atoms with van der Waals surface area (Å²) in [4.78, 5) is 10.5. The van der Waals surface area contributed by atoms with Gasteiger partial charge in [0.2, 0.25) is 0 Å². The van der Waals surface area contributed by atoms with Crippen molar-refractivity contribution in [3.63, 3.8) is 0 Å². The molecule has 0 aliphatic rings.